The summed E-state index contributed by atoms with van der Waals surface area (Å²) in [6.45, 7) is 7.70. The number of cyclic esters (lactones) is 1. The molecule has 11 heteroatoms. The van der Waals surface area contributed by atoms with Crippen LogP contribution < -0.4 is 10.6 Å². The number of hydrogen-bond donors (Lipinski definition) is 2. The highest BCUT2D eigenvalue weighted by Crippen LogP contribution is 2.38. The van der Waals surface area contributed by atoms with Gasteiger partial charge in [0.2, 0.25) is 5.91 Å². The van der Waals surface area contributed by atoms with Gasteiger partial charge in [-0.2, -0.15) is 0 Å². The summed E-state index contributed by atoms with van der Waals surface area (Å²) in [5, 5.41) is 5.59. The molecular weight excluding hydrogens is 599 g/mol. The van der Waals surface area contributed by atoms with Crippen LogP contribution in [0.5, 0.6) is 0 Å². The van der Waals surface area contributed by atoms with E-state index >= 15 is 4.39 Å². The lowest BCUT2D eigenvalue weighted by Gasteiger charge is -2.38. The number of ether oxygens (including phenoxy) is 2. The maximum Gasteiger partial charge on any atom is 0.411 e. The van der Waals surface area contributed by atoms with Gasteiger partial charge < -0.3 is 19.7 Å². The standard InChI is InChI=1S/C34H40ClFN4O5/c1-6-9-25(35)31(36)30(20(3)7-2)29-15-17-40(34(43)45-29)28-11-8-10-21(4)32(41)39-27-19-23(38-33(42)44-5)12-13-24(27)26-18-22(28)14-16-37-26/h6,9,12-14,16,18-19,21,28-29H,7-8,10-11,15,17H2,1-5H3,(H,38,42)(H,39,41)/b9-6-,30-20+,31-25-. The molecule has 2 aliphatic rings. The fourth-order valence-electron chi connectivity index (χ4n) is 5.65. The van der Waals surface area contributed by atoms with E-state index in [1.165, 1.54) is 13.2 Å². The lowest BCUT2D eigenvalue weighted by molar-refractivity contribution is -0.119. The highest BCUT2D eigenvalue weighted by atomic mass is 35.5. The summed E-state index contributed by atoms with van der Waals surface area (Å²) in [5.41, 5.74) is 4.12. The Morgan fingerprint density at radius 3 is 2.71 bits per heavy atom. The summed E-state index contributed by atoms with van der Waals surface area (Å²) < 4.78 is 26.1. The minimum Gasteiger partial charge on any atom is -0.453 e. The third-order valence-corrected chi connectivity index (χ3v) is 8.57. The zero-order valence-corrected chi connectivity index (χ0v) is 27.0. The van der Waals surface area contributed by atoms with E-state index in [1.807, 2.05) is 32.9 Å². The quantitative estimate of drug-likeness (QED) is 0.306. The Kier molecular flexibility index (Phi) is 11.4. The molecule has 3 unspecified atom stereocenters. The Morgan fingerprint density at radius 1 is 1.24 bits per heavy atom. The summed E-state index contributed by atoms with van der Waals surface area (Å²) in [6.07, 6.45) is 5.68. The van der Waals surface area contributed by atoms with E-state index < -0.39 is 24.1 Å². The van der Waals surface area contributed by atoms with Crippen molar-refractivity contribution in [2.45, 2.75) is 71.9 Å². The number of methoxy groups -OCH3 is 1. The number of anilines is 2. The number of carbonyl (C=O) groups excluding carboxylic acids is 3. The van der Waals surface area contributed by atoms with Gasteiger partial charge in [-0.1, -0.05) is 43.5 Å². The monoisotopic (exact) mass is 638 g/mol. The fourth-order valence-corrected chi connectivity index (χ4v) is 5.88. The number of benzene rings is 1. The molecule has 240 valence electrons. The number of halogens is 2. The minimum atomic E-state index is -0.768. The number of nitrogens with one attached hydrogen (secondary N) is 2. The fraction of sp³-hybridized carbons (Fsp3) is 0.412. The first-order valence-corrected chi connectivity index (χ1v) is 15.6. The second-order valence-electron chi connectivity index (χ2n) is 11.3. The van der Waals surface area contributed by atoms with Crippen LogP contribution in [0.3, 0.4) is 0 Å². The van der Waals surface area contributed by atoms with Gasteiger partial charge in [0.15, 0.2) is 0 Å². The predicted molar refractivity (Wildman–Crippen MR) is 173 cm³/mol. The van der Waals surface area contributed by atoms with E-state index in [2.05, 4.69) is 15.6 Å². The molecule has 2 bridgehead atoms. The van der Waals surface area contributed by atoms with Crippen LogP contribution in [0.15, 0.2) is 70.7 Å². The Morgan fingerprint density at radius 2 is 2.02 bits per heavy atom. The molecule has 0 spiro atoms. The Labute approximate surface area is 268 Å². The second-order valence-corrected chi connectivity index (χ2v) is 11.7. The third-order valence-electron chi connectivity index (χ3n) is 8.27. The van der Waals surface area contributed by atoms with E-state index in [-0.39, 0.29) is 22.9 Å². The van der Waals surface area contributed by atoms with Crippen LogP contribution in [0.25, 0.3) is 11.3 Å². The maximum atomic E-state index is 15.5. The van der Waals surface area contributed by atoms with Gasteiger partial charge in [0.1, 0.15) is 11.9 Å². The number of hydrogen-bond acceptors (Lipinski definition) is 6. The van der Waals surface area contributed by atoms with Crippen LogP contribution in [0.1, 0.15) is 71.4 Å². The SMILES string of the molecule is C\C=C/C(Cl)=C(F)\C(=C(/C)CC)C1CCN(C2CCCC(C)C(=O)Nc3cc(NC(=O)OC)ccc3-c3cc2ccn3)C(=O)O1. The van der Waals surface area contributed by atoms with Crippen molar-refractivity contribution >= 4 is 41.1 Å². The molecule has 3 amide bonds. The summed E-state index contributed by atoms with van der Waals surface area (Å²) in [5.74, 6) is -1.07. The third kappa shape index (κ3) is 7.92. The summed E-state index contributed by atoms with van der Waals surface area (Å²) in [4.78, 5) is 44.9. The molecule has 2 aromatic rings. The smallest absolute Gasteiger partial charge is 0.411 e. The maximum absolute atomic E-state index is 15.5. The lowest BCUT2D eigenvalue weighted by Crippen LogP contribution is -2.45. The lowest BCUT2D eigenvalue weighted by atomic mass is 9.92. The second kappa shape index (κ2) is 15.2. The Bertz CT molecular complexity index is 1540. The van der Waals surface area contributed by atoms with E-state index in [0.29, 0.717) is 66.9 Å². The first-order chi connectivity index (χ1) is 21.6. The summed E-state index contributed by atoms with van der Waals surface area (Å²) in [7, 11) is 1.27. The highest BCUT2D eigenvalue weighted by molar-refractivity contribution is 6.31. The number of fused-ring (bicyclic) bond motifs is 4. The summed E-state index contributed by atoms with van der Waals surface area (Å²) >= 11 is 6.23. The molecule has 1 fully saturated rings. The number of aromatic nitrogens is 1. The molecule has 3 heterocycles. The van der Waals surface area contributed by atoms with Crippen molar-refractivity contribution in [3.8, 4) is 11.3 Å². The van der Waals surface area contributed by atoms with Gasteiger partial charge in [0.05, 0.1) is 29.6 Å². The van der Waals surface area contributed by atoms with Gasteiger partial charge in [0.25, 0.3) is 0 Å². The van der Waals surface area contributed by atoms with E-state index in [4.69, 9.17) is 21.1 Å². The molecule has 0 saturated carbocycles. The molecule has 1 saturated heterocycles. The first kappa shape index (κ1) is 33.7. The number of amides is 3. The van der Waals surface area contributed by atoms with Crippen LogP contribution in [0.2, 0.25) is 0 Å². The molecular formula is C34H40ClFN4O5. The Hall–Kier alpha value is -4.18. The highest BCUT2D eigenvalue weighted by Gasteiger charge is 2.37. The molecule has 2 aliphatic heterocycles. The molecule has 45 heavy (non-hydrogen) atoms. The van der Waals surface area contributed by atoms with E-state index in [0.717, 1.165) is 11.1 Å². The minimum absolute atomic E-state index is 0.0333. The molecule has 4 rings (SSSR count). The van der Waals surface area contributed by atoms with Crippen LogP contribution in [-0.2, 0) is 14.3 Å². The van der Waals surface area contributed by atoms with Crippen molar-refractivity contribution in [1.29, 1.82) is 0 Å². The summed E-state index contributed by atoms with van der Waals surface area (Å²) in [6, 6.07) is 8.55. The van der Waals surface area contributed by atoms with Gasteiger partial charge in [-0.25, -0.2) is 14.0 Å². The largest absolute Gasteiger partial charge is 0.453 e. The van der Waals surface area contributed by atoms with Gasteiger partial charge in [-0.05, 0) is 75.1 Å². The molecule has 9 nitrogen and oxygen atoms in total. The Balaban J connectivity index is 1.69. The molecule has 1 aromatic heterocycles. The van der Waals surface area contributed by atoms with Gasteiger partial charge in [-0.3, -0.25) is 15.1 Å². The van der Waals surface area contributed by atoms with Gasteiger partial charge in [0, 0.05) is 41.9 Å². The van der Waals surface area contributed by atoms with Crippen molar-refractivity contribution in [3.63, 3.8) is 0 Å². The molecule has 0 aliphatic carbocycles. The topological polar surface area (TPSA) is 110 Å². The zero-order valence-electron chi connectivity index (χ0n) is 26.3. The van der Waals surface area contributed by atoms with Crippen molar-refractivity contribution < 1.29 is 28.2 Å². The van der Waals surface area contributed by atoms with Crippen molar-refractivity contribution in [3.05, 3.63) is 76.2 Å². The van der Waals surface area contributed by atoms with Crippen LogP contribution in [0, 0.1) is 5.92 Å². The van der Waals surface area contributed by atoms with Gasteiger partial charge in [-0.15, -0.1) is 0 Å². The molecule has 1 aromatic carbocycles. The normalized spacial score (nSPS) is 21.8. The van der Waals surface area contributed by atoms with E-state index in [9.17, 15) is 14.4 Å². The average Bonchev–Trinajstić information content (AvgIpc) is 3.03. The number of rotatable bonds is 6. The van der Waals surface area contributed by atoms with Gasteiger partial charge >= 0.3 is 12.2 Å². The predicted octanol–water partition coefficient (Wildman–Crippen LogP) is 8.66. The molecule has 0 radical (unpaired) electrons. The number of pyridine rings is 1. The number of nitrogens with zero attached hydrogens (tertiary/aromatic N) is 2. The molecule has 2 N–H and O–H groups in total. The number of carbonyl (C=O) groups is 3. The van der Waals surface area contributed by atoms with Crippen molar-refractivity contribution in [1.82, 2.24) is 9.88 Å². The van der Waals surface area contributed by atoms with Crippen LogP contribution in [0.4, 0.5) is 25.4 Å². The van der Waals surface area contributed by atoms with Crippen molar-refractivity contribution in [2.24, 2.45) is 5.92 Å². The van der Waals surface area contributed by atoms with Crippen LogP contribution >= 0.6 is 11.6 Å². The first-order valence-electron chi connectivity index (χ1n) is 15.2. The molecule has 3 atom stereocenters. The van der Waals surface area contributed by atoms with Crippen molar-refractivity contribution in [2.75, 3.05) is 24.3 Å². The average molecular weight is 639 g/mol. The number of allylic oxidation sites excluding steroid dienone is 4. The van der Waals surface area contributed by atoms with E-state index in [1.54, 1.807) is 42.3 Å². The zero-order chi connectivity index (χ0) is 32.7. The van der Waals surface area contributed by atoms with Crippen LogP contribution in [-0.4, -0.2) is 47.7 Å².